The number of methoxy groups -OCH3 is 3. The van der Waals surface area contributed by atoms with Crippen LogP contribution in [0.5, 0.6) is 23.0 Å². The first kappa shape index (κ1) is 21.0. The van der Waals surface area contributed by atoms with Gasteiger partial charge in [-0.2, -0.15) is 0 Å². The fourth-order valence-corrected chi connectivity index (χ4v) is 3.43. The van der Waals surface area contributed by atoms with Gasteiger partial charge in [-0.25, -0.2) is 9.59 Å². The maximum Gasteiger partial charge on any atom is 0.343 e. The van der Waals surface area contributed by atoms with Crippen molar-refractivity contribution in [3.63, 3.8) is 0 Å². The van der Waals surface area contributed by atoms with E-state index in [2.05, 4.69) is 0 Å². The molecule has 0 N–H and O–H groups in total. The summed E-state index contributed by atoms with van der Waals surface area (Å²) in [7, 11) is 4.40. The van der Waals surface area contributed by atoms with Crippen LogP contribution in [-0.2, 0) is 0 Å². The quantitative estimate of drug-likeness (QED) is 0.248. The molecule has 0 unspecified atom stereocenters. The molecule has 0 amide bonds. The molecule has 1 aromatic heterocycles. The van der Waals surface area contributed by atoms with Crippen molar-refractivity contribution in [2.75, 3.05) is 21.3 Å². The summed E-state index contributed by atoms with van der Waals surface area (Å²) in [5.74, 6) is 0.619. The second-order valence-electron chi connectivity index (χ2n) is 6.81. The number of carbonyl (C=O) groups is 1. The molecule has 0 aliphatic heterocycles. The lowest BCUT2D eigenvalue weighted by Crippen LogP contribution is -2.10. The minimum Gasteiger partial charge on any atom is -0.493 e. The summed E-state index contributed by atoms with van der Waals surface area (Å²) in [6.45, 7) is 0. The van der Waals surface area contributed by atoms with Gasteiger partial charge >= 0.3 is 11.6 Å². The predicted octanol–water partition coefficient (Wildman–Crippen LogP) is 4.71. The van der Waals surface area contributed by atoms with E-state index in [0.29, 0.717) is 22.8 Å². The molecule has 1 heterocycles. The van der Waals surface area contributed by atoms with Crippen LogP contribution in [0, 0.1) is 0 Å². The highest BCUT2D eigenvalue weighted by atomic mass is 16.5. The van der Waals surface area contributed by atoms with E-state index in [4.69, 9.17) is 23.4 Å². The Bertz CT molecular complexity index is 1310. The van der Waals surface area contributed by atoms with Crippen molar-refractivity contribution in [2.24, 2.45) is 0 Å². The fourth-order valence-electron chi connectivity index (χ4n) is 3.43. The van der Waals surface area contributed by atoms with Gasteiger partial charge in [0.15, 0.2) is 11.5 Å². The second-order valence-corrected chi connectivity index (χ2v) is 6.81. The molecule has 0 aliphatic rings. The Hall–Kier alpha value is -4.26. The molecule has 0 fully saturated rings. The Morgan fingerprint density at radius 1 is 0.812 bits per heavy atom. The summed E-state index contributed by atoms with van der Waals surface area (Å²) in [6, 6.07) is 18.8. The lowest BCUT2D eigenvalue weighted by Gasteiger charge is -2.14. The van der Waals surface area contributed by atoms with Gasteiger partial charge < -0.3 is 23.4 Å². The third kappa shape index (κ3) is 4.00. The molecule has 0 atom stereocenters. The lowest BCUT2D eigenvalue weighted by atomic mass is 10.0. The van der Waals surface area contributed by atoms with Crippen molar-refractivity contribution in [1.82, 2.24) is 0 Å². The number of carbonyl (C=O) groups excluding carboxylic acids is 1. The number of esters is 1. The number of ether oxygens (including phenoxy) is 4. The average molecular weight is 432 g/mol. The van der Waals surface area contributed by atoms with Gasteiger partial charge in [0.1, 0.15) is 11.3 Å². The van der Waals surface area contributed by atoms with Crippen LogP contribution in [0.4, 0.5) is 0 Å². The van der Waals surface area contributed by atoms with Crippen LogP contribution in [0.2, 0.25) is 0 Å². The number of rotatable bonds is 6. The van der Waals surface area contributed by atoms with E-state index in [1.54, 1.807) is 12.1 Å². The molecule has 0 radical (unpaired) electrons. The smallest absolute Gasteiger partial charge is 0.343 e. The Morgan fingerprint density at radius 3 is 2.12 bits per heavy atom. The number of fused-ring (bicyclic) bond motifs is 1. The van der Waals surface area contributed by atoms with Crippen molar-refractivity contribution >= 4 is 16.9 Å². The van der Waals surface area contributed by atoms with Gasteiger partial charge in [0.2, 0.25) is 5.75 Å². The normalized spacial score (nSPS) is 10.6. The molecule has 3 aromatic carbocycles. The summed E-state index contributed by atoms with van der Waals surface area (Å²) < 4.78 is 26.7. The van der Waals surface area contributed by atoms with E-state index < -0.39 is 11.6 Å². The topological polar surface area (TPSA) is 84.2 Å². The summed E-state index contributed by atoms with van der Waals surface area (Å²) >= 11 is 0. The van der Waals surface area contributed by atoms with Gasteiger partial charge in [-0.3, -0.25) is 0 Å². The molecule has 0 aliphatic carbocycles. The van der Waals surface area contributed by atoms with E-state index >= 15 is 0 Å². The molecule has 32 heavy (non-hydrogen) atoms. The van der Waals surface area contributed by atoms with Gasteiger partial charge in [-0.05, 0) is 35.4 Å². The van der Waals surface area contributed by atoms with Crippen molar-refractivity contribution in [2.45, 2.75) is 0 Å². The maximum atomic E-state index is 12.8. The van der Waals surface area contributed by atoms with Crippen LogP contribution in [0.1, 0.15) is 10.4 Å². The third-order valence-electron chi connectivity index (χ3n) is 4.91. The number of benzene rings is 3. The maximum absolute atomic E-state index is 12.8. The van der Waals surface area contributed by atoms with Crippen molar-refractivity contribution in [3.05, 3.63) is 82.7 Å². The zero-order chi connectivity index (χ0) is 22.7. The molecular formula is C25H20O7. The average Bonchev–Trinajstić information content (AvgIpc) is 2.82. The summed E-state index contributed by atoms with van der Waals surface area (Å²) in [4.78, 5) is 24.9. The molecule has 162 valence electrons. The highest BCUT2D eigenvalue weighted by Gasteiger charge is 2.19. The van der Waals surface area contributed by atoms with E-state index in [9.17, 15) is 9.59 Å². The van der Waals surface area contributed by atoms with Crippen LogP contribution in [-0.4, -0.2) is 27.3 Å². The first-order valence-electron chi connectivity index (χ1n) is 9.69. The van der Waals surface area contributed by atoms with Crippen molar-refractivity contribution < 1.29 is 28.2 Å². The zero-order valence-electron chi connectivity index (χ0n) is 17.7. The molecule has 7 heteroatoms. The molecule has 0 saturated heterocycles. The predicted molar refractivity (Wildman–Crippen MR) is 119 cm³/mol. The van der Waals surface area contributed by atoms with E-state index in [-0.39, 0.29) is 11.3 Å². The summed E-state index contributed by atoms with van der Waals surface area (Å²) in [5, 5.41) is 0.725. The van der Waals surface area contributed by atoms with Crippen LogP contribution in [0.15, 0.2) is 75.9 Å². The molecule has 0 bridgehead atoms. The van der Waals surface area contributed by atoms with Crippen LogP contribution in [0.25, 0.3) is 22.1 Å². The molecule has 0 spiro atoms. The molecule has 0 saturated carbocycles. The van der Waals surface area contributed by atoms with Gasteiger partial charge in [0.25, 0.3) is 0 Å². The molecule has 4 rings (SSSR count). The Labute approximate surface area is 183 Å². The number of hydrogen-bond donors (Lipinski definition) is 0. The highest BCUT2D eigenvalue weighted by Crippen LogP contribution is 2.38. The third-order valence-corrected chi connectivity index (χ3v) is 4.91. The van der Waals surface area contributed by atoms with Gasteiger partial charge in [-0.15, -0.1) is 0 Å². The standard InChI is InChI=1S/C25H20O7/c1-28-21-11-16(12-22(29-2)24(21)30-3)25(27)31-17-9-10-18-19(15-7-5-4-6-8-15)14-23(26)32-20(18)13-17/h4-14H,1-3H3. The molecule has 4 aromatic rings. The van der Waals surface area contributed by atoms with E-state index in [1.807, 2.05) is 30.3 Å². The van der Waals surface area contributed by atoms with Gasteiger partial charge in [0, 0.05) is 17.5 Å². The zero-order valence-corrected chi connectivity index (χ0v) is 17.7. The largest absolute Gasteiger partial charge is 0.493 e. The summed E-state index contributed by atoms with van der Waals surface area (Å²) in [6.07, 6.45) is 0. The van der Waals surface area contributed by atoms with Crippen molar-refractivity contribution in [1.29, 1.82) is 0 Å². The lowest BCUT2D eigenvalue weighted by molar-refractivity contribution is 0.0734. The minimum atomic E-state index is -0.634. The van der Waals surface area contributed by atoms with Crippen LogP contribution >= 0.6 is 0 Å². The number of hydrogen-bond acceptors (Lipinski definition) is 7. The van der Waals surface area contributed by atoms with Crippen molar-refractivity contribution in [3.8, 4) is 34.1 Å². The first-order valence-corrected chi connectivity index (χ1v) is 9.69. The molecule has 7 nitrogen and oxygen atoms in total. The van der Waals surface area contributed by atoms with Gasteiger partial charge in [0.05, 0.1) is 26.9 Å². The first-order chi connectivity index (χ1) is 15.5. The molecular weight excluding hydrogens is 412 g/mol. The monoisotopic (exact) mass is 432 g/mol. The summed E-state index contributed by atoms with van der Waals surface area (Å²) in [5.41, 5.74) is 1.64. The highest BCUT2D eigenvalue weighted by molar-refractivity contribution is 5.95. The van der Waals surface area contributed by atoms with E-state index in [0.717, 1.165) is 16.5 Å². The van der Waals surface area contributed by atoms with Crippen LogP contribution < -0.4 is 24.6 Å². The van der Waals surface area contributed by atoms with Crippen LogP contribution in [0.3, 0.4) is 0 Å². The Kier molecular flexibility index (Phi) is 5.81. The van der Waals surface area contributed by atoms with E-state index in [1.165, 1.54) is 45.6 Å². The fraction of sp³-hybridized carbons (Fsp3) is 0.120. The minimum absolute atomic E-state index is 0.207. The Morgan fingerprint density at radius 2 is 1.50 bits per heavy atom. The van der Waals surface area contributed by atoms with Gasteiger partial charge in [-0.1, -0.05) is 30.3 Å². The second kappa shape index (κ2) is 8.85. The SMILES string of the molecule is COc1cc(C(=O)Oc2ccc3c(-c4ccccc4)cc(=O)oc3c2)cc(OC)c1OC. The Balaban J connectivity index is 1.70.